The first-order valence-electron chi connectivity index (χ1n) is 7.67. The SMILES string of the molecule is CCCC(C)CC(NCC)c1ccc(OCC)cc1. The fourth-order valence-corrected chi connectivity index (χ4v) is 2.56. The van der Waals surface area contributed by atoms with Crippen LogP contribution in [-0.2, 0) is 0 Å². The molecule has 1 aromatic carbocycles. The molecule has 1 rings (SSSR count). The summed E-state index contributed by atoms with van der Waals surface area (Å²) < 4.78 is 5.50. The predicted molar refractivity (Wildman–Crippen MR) is 82.7 cm³/mol. The van der Waals surface area contributed by atoms with Gasteiger partial charge in [0.2, 0.25) is 0 Å². The molecule has 2 heteroatoms. The number of hydrogen-bond acceptors (Lipinski definition) is 2. The molecular formula is C17H29NO. The van der Waals surface area contributed by atoms with Crippen LogP contribution in [0.25, 0.3) is 0 Å². The molecule has 2 nitrogen and oxygen atoms in total. The predicted octanol–water partition coefficient (Wildman–Crippen LogP) is 4.56. The van der Waals surface area contributed by atoms with Gasteiger partial charge in [0.05, 0.1) is 6.61 Å². The van der Waals surface area contributed by atoms with Crippen LogP contribution in [0.3, 0.4) is 0 Å². The van der Waals surface area contributed by atoms with Crippen molar-refractivity contribution in [3.8, 4) is 5.75 Å². The lowest BCUT2D eigenvalue weighted by atomic mass is 9.93. The van der Waals surface area contributed by atoms with E-state index in [2.05, 4.69) is 50.4 Å². The molecule has 0 saturated carbocycles. The maximum atomic E-state index is 5.50. The first-order valence-corrected chi connectivity index (χ1v) is 7.67. The highest BCUT2D eigenvalue weighted by Gasteiger charge is 2.14. The molecule has 2 atom stereocenters. The molecule has 0 aliphatic carbocycles. The van der Waals surface area contributed by atoms with Gasteiger partial charge in [0.25, 0.3) is 0 Å². The van der Waals surface area contributed by atoms with E-state index in [-0.39, 0.29) is 0 Å². The normalized spacial score (nSPS) is 14.1. The molecular weight excluding hydrogens is 234 g/mol. The summed E-state index contributed by atoms with van der Waals surface area (Å²) in [5.41, 5.74) is 1.37. The van der Waals surface area contributed by atoms with E-state index in [0.29, 0.717) is 6.04 Å². The Bertz CT molecular complexity index is 334. The number of benzene rings is 1. The molecule has 0 spiro atoms. The quantitative estimate of drug-likeness (QED) is 0.705. The van der Waals surface area contributed by atoms with E-state index >= 15 is 0 Å². The number of hydrogen-bond donors (Lipinski definition) is 1. The van der Waals surface area contributed by atoms with Crippen molar-refractivity contribution in [3.05, 3.63) is 29.8 Å². The van der Waals surface area contributed by atoms with Gasteiger partial charge in [-0.05, 0) is 43.5 Å². The van der Waals surface area contributed by atoms with E-state index < -0.39 is 0 Å². The van der Waals surface area contributed by atoms with Gasteiger partial charge in [-0.25, -0.2) is 0 Å². The van der Waals surface area contributed by atoms with E-state index in [1.807, 2.05) is 6.92 Å². The third kappa shape index (κ3) is 5.65. The van der Waals surface area contributed by atoms with Crippen LogP contribution in [0.15, 0.2) is 24.3 Å². The maximum absolute atomic E-state index is 5.50. The summed E-state index contributed by atoms with van der Waals surface area (Å²) in [4.78, 5) is 0. The average molecular weight is 263 g/mol. The number of rotatable bonds is 9. The van der Waals surface area contributed by atoms with Gasteiger partial charge in [0.1, 0.15) is 5.75 Å². The maximum Gasteiger partial charge on any atom is 0.119 e. The van der Waals surface area contributed by atoms with Crippen LogP contribution in [0.4, 0.5) is 0 Å². The largest absolute Gasteiger partial charge is 0.494 e. The Labute approximate surface area is 118 Å². The average Bonchev–Trinajstić information content (AvgIpc) is 2.40. The Morgan fingerprint density at radius 1 is 1.11 bits per heavy atom. The standard InChI is InChI=1S/C17H29NO/c1-5-8-14(4)13-17(18-6-2)15-9-11-16(12-10-15)19-7-3/h9-12,14,17-18H,5-8,13H2,1-4H3. The van der Waals surface area contributed by atoms with E-state index in [0.717, 1.165) is 24.8 Å². The Morgan fingerprint density at radius 3 is 2.32 bits per heavy atom. The Kier molecular flexibility index (Phi) is 7.57. The Morgan fingerprint density at radius 2 is 1.79 bits per heavy atom. The van der Waals surface area contributed by atoms with Crippen molar-refractivity contribution in [2.45, 2.75) is 53.0 Å². The van der Waals surface area contributed by atoms with Gasteiger partial charge in [0, 0.05) is 6.04 Å². The summed E-state index contributed by atoms with van der Waals surface area (Å²) in [5, 5.41) is 3.60. The summed E-state index contributed by atoms with van der Waals surface area (Å²) >= 11 is 0. The fourth-order valence-electron chi connectivity index (χ4n) is 2.56. The highest BCUT2D eigenvalue weighted by atomic mass is 16.5. The van der Waals surface area contributed by atoms with Gasteiger partial charge in [-0.2, -0.15) is 0 Å². The van der Waals surface area contributed by atoms with Crippen molar-refractivity contribution >= 4 is 0 Å². The third-order valence-electron chi connectivity index (χ3n) is 3.46. The van der Waals surface area contributed by atoms with Crippen LogP contribution in [0.1, 0.15) is 58.6 Å². The molecule has 108 valence electrons. The molecule has 0 heterocycles. The van der Waals surface area contributed by atoms with Crippen LogP contribution in [0.2, 0.25) is 0 Å². The van der Waals surface area contributed by atoms with E-state index in [1.54, 1.807) is 0 Å². The van der Waals surface area contributed by atoms with Crippen molar-refractivity contribution in [2.75, 3.05) is 13.2 Å². The summed E-state index contributed by atoms with van der Waals surface area (Å²) in [6.07, 6.45) is 3.78. The molecule has 2 unspecified atom stereocenters. The minimum absolute atomic E-state index is 0.460. The summed E-state index contributed by atoms with van der Waals surface area (Å²) in [6.45, 7) is 10.5. The van der Waals surface area contributed by atoms with Gasteiger partial charge >= 0.3 is 0 Å². The van der Waals surface area contributed by atoms with Gasteiger partial charge in [-0.1, -0.05) is 45.7 Å². The number of ether oxygens (including phenoxy) is 1. The molecule has 0 aromatic heterocycles. The molecule has 1 N–H and O–H groups in total. The molecule has 0 amide bonds. The second kappa shape index (κ2) is 8.98. The zero-order chi connectivity index (χ0) is 14.1. The second-order valence-corrected chi connectivity index (χ2v) is 5.24. The fraction of sp³-hybridized carbons (Fsp3) is 0.647. The highest BCUT2D eigenvalue weighted by molar-refractivity contribution is 5.29. The topological polar surface area (TPSA) is 21.3 Å². The van der Waals surface area contributed by atoms with Crippen LogP contribution in [0.5, 0.6) is 5.75 Å². The van der Waals surface area contributed by atoms with Crippen LogP contribution >= 0.6 is 0 Å². The van der Waals surface area contributed by atoms with Crippen molar-refractivity contribution in [3.63, 3.8) is 0 Å². The van der Waals surface area contributed by atoms with Gasteiger partial charge in [0.15, 0.2) is 0 Å². The zero-order valence-corrected chi connectivity index (χ0v) is 12.9. The van der Waals surface area contributed by atoms with Crippen LogP contribution in [0, 0.1) is 5.92 Å². The van der Waals surface area contributed by atoms with Crippen molar-refractivity contribution in [1.82, 2.24) is 5.32 Å². The molecule has 1 aromatic rings. The van der Waals surface area contributed by atoms with Gasteiger partial charge < -0.3 is 10.1 Å². The number of nitrogens with one attached hydrogen (secondary N) is 1. The van der Waals surface area contributed by atoms with Gasteiger partial charge in [-0.3, -0.25) is 0 Å². The lowest BCUT2D eigenvalue weighted by Crippen LogP contribution is -2.22. The molecule has 0 radical (unpaired) electrons. The lowest BCUT2D eigenvalue weighted by Gasteiger charge is -2.22. The third-order valence-corrected chi connectivity index (χ3v) is 3.46. The van der Waals surface area contributed by atoms with E-state index in [9.17, 15) is 0 Å². The van der Waals surface area contributed by atoms with Crippen LogP contribution < -0.4 is 10.1 Å². The zero-order valence-electron chi connectivity index (χ0n) is 12.9. The molecule has 0 saturated heterocycles. The van der Waals surface area contributed by atoms with E-state index in [1.165, 1.54) is 24.8 Å². The summed E-state index contributed by atoms with van der Waals surface area (Å²) in [6, 6.07) is 9.00. The van der Waals surface area contributed by atoms with E-state index in [4.69, 9.17) is 4.74 Å². The van der Waals surface area contributed by atoms with Crippen LogP contribution in [-0.4, -0.2) is 13.2 Å². The molecule has 0 bridgehead atoms. The highest BCUT2D eigenvalue weighted by Crippen LogP contribution is 2.25. The minimum Gasteiger partial charge on any atom is -0.494 e. The molecule has 0 aliphatic heterocycles. The second-order valence-electron chi connectivity index (χ2n) is 5.24. The summed E-state index contributed by atoms with van der Waals surface area (Å²) in [5.74, 6) is 1.73. The Balaban J connectivity index is 2.68. The van der Waals surface area contributed by atoms with Crippen molar-refractivity contribution in [1.29, 1.82) is 0 Å². The molecule has 0 fully saturated rings. The molecule has 19 heavy (non-hydrogen) atoms. The van der Waals surface area contributed by atoms with Crippen molar-refractivity contribution in [2.24, 2.45) is 5.92 Å². The minimum atomic E-state index is 0.460. The first-order chi connectivity index (χ1) is 9.21. The Hall–Kier alpha value is -1.02. The summed E-state index contributed by atoms with van der Waals surface area (Å²) in [7, 11) is 0. The first kappa shape index (κ1) is 16.0. The monoisotopic (exact) mass is 263 g/mol. The smallest absolute Gasteiger partial charge is 0.119 e. The lowest BCUT2D eigenvalue weighted by molar-refractivity contribution is 0.339. The van der Waals surface area contributed by atoms with Gasteiger partial charge in [-0.15, -0.1) is 0 Å². The van der Waals surface area contributed by atoms with Crippen molar-refractivity contribution < 1.29 is 4.74 Å². The molecule has 0 aliphatic rings.